The lowest BCUT2D eigenvalue weighted by molar-refractivity contribution is 0.0695. The molecular weight excluding hydrogens is 276 g/mol. The SMILES string of the molecule is CN(C)S(=O)(=O)CCNC(=O)c1cc(C(=O)O)co1. The van der Waals surface area contributed by atoms with Crippen molar-refractivity contribution >= 4 is 21.9 Å². The van der Waals surface area contributed by atoms with E-state index in [1.807, 2.05) is 0 Å². The number of nitrogens with zero attached hydrogens (tertiary/aromatic N) is 1. The maximum absolute atomic E-state index is 11.5. The predicted molar refractivity (Wildman–Crippen MR) is 65.5 cm³/mol. The molecule has 0 bridgehead atoms. The quantitative estimate of drug-likeness (QED) is 0.736. The van der Waals surface area contributed by atoms with E-state index in [0.29, 0.717) is 0 Å². The van der Waals surface area contributed by atoms with Crippen LogP contribution in [0.3, 0.4) is 0 Å². The second-order valence-corrected chi connectivity index (χ2v) is 6.16. The van der Waals surface area contributed by atoms with Gasteiger partial charge < -0.3 is 14.8 Å². The molecule has 0 aliphatic carbocycles. The molecule has 0 saturated heterocycles. The largest absolute Gasteiger partial charge is 0.478 e. The Balaban J connectivity index is 2.54. The third kappa shape index (κ3) is 4.07. The van der Waals surface area contributed by atoms with Gasteiger partial charge in [0.2, 0.25) is 10.0 Å². The Bertz CT molecular complexity index is 575. The molecule has 0 aliphatic rings. The van der Waals surface area contributed by atoms with Crippen molar-refractivity contribution in [3.05, 3.63) is 23.7 Å². The van der Waals surface area contributed by atoms with Crippen LogP contribution in [-0.4, -0.2) is 56.1 Å². The molecule has 0 fully saturated rings. The Kier molecular flexibility index (Phi) is 4.67. The number of carbonyl (C=O) groups is 2. The molecule has 1 heterocycles. The maximum Gasteiger partial charge on any atom is 0.338 e. The van der Waals surface area contributed by atoms with Gasteiger partial charge in [-0.2, -0.15) is 0 Å². The molecule has 0 radical (unpaired) electrons. The summed E-state index contributed by atoms with van der Waals surface area (Å²) in [5, 5.41) is 11.0. The van der Waals surface area contributed by atoms with Gasteiger partial charge in [0.05, 0.1) is 11.3 Å². The smallest absolute Gasteiger partial charge is 0.338 e. The number of nitrogens with one attached hydrogen (secondary N) is 1. The fraction of sp³-hybridized carbons (Fsp3) is 0.400. The molecule has 0 aliphatic heterocycles. The Morgan fingerprint density at radius 3 is 2.53 bits per heavy atom. The van der Waals surface area contributed by atoms with Crippen molar-refractivity contribution in [1.82, 2.24) is 9.62 Å². The summed E-state index contributed by atoms with van der Waals surface area (Å²) in [4.78, 5) is 22.1. The van der Waals surface area contributed by atoms with Crippen LogP contribution < -0.4 is 5.32 Å². The first-order chi connectivity index (χ1) is 8.74. The summed E-state index contributed by atoms with van der Waals surface area (Å²) in [6, 6.07) is 1.07. The highest BCUT2D eigenvalue weighted by Gasteiger charge is 2.17. The zero-order chi connectivity index (χ0) is 14.6. The average Bonchev–Trinajstić information content (AvgIpc) is 2.77. The number of carboxylic acid groups (broad SMARTS) is 1. The standard InChI is InChI=1S/C10H14N2O6S/c1-12(2)19(16,17)4-3-11-9(13)8-5-7(6-18-8)10(14)15/h5-6H,3-4H2,1-2H3,(H,11,13)(H,14,15). The first-order valence-electron chi connectivity index (χ1n) is 5.24. The Morgan fingerprint density at radius 2 is 2.05 bits per heavy atom. The van der Waals surface area contributed by atoms with Crippen molar-refractivity contribution in [2.45, 2.75) is 0 Å². The number of amides is 1. The highest BCUT2D eigenvalue weighted by molar-refractivity contribution is 7.89. The zero-order valence-corrected chi connectivity index (χ0v) is 11.2. The van der Waals surface area contributed by atoms with Crippen LogP contribution in [0.5, 0.6) is 0 Å². The van der Waals surface area contributed by atoms with Crippen molar-refractivity contribution in [2.24, 2.45) is 0 Å². The number of rotatable bonds is 6. The zero-order valence-electron chi connectivity index (χ0n) is 10.4. The molecular formula is C10H14N2O6S. The summed E-state index contributed by atoms with van der Waals surface area (Å²) in [6.07, 6.45) is 0.938. The van der Waals surface area contributed by atoms with Gasteiger partial charge in [0.25, 0.3) is 5.91 Å². The van der Waals surface area contributed by atoms with Crippen LogP contribution in [0.1, 0.15) is 20.9 Å². The van der Waals surface area contributed by atoms with Gasteiger partial charge in [-0.05, 0) is 0 Å². The minimum absolute atomic E-state index is 0.0948. The summed E-state index contributed by atoms with van der Waals surface area (Å²) in [6.45, 7) is -0.0948. The summed E-state index contributed by atoms with van der Waals surface area (Å²) >= 11 is 0. The molecule has 1 aromatic heterocycles. The van der Waals surface area contributed by atoms with Crippen molar-refractivity contribution in [3.8, 4) is 0 Å². The lowest BCUT2D eigenvalue weighted by Gasteiger charge is -2.10. The molecule has 0 spiro atoms. The van der Waals surface area contributed by atoms with Gasteiger partial charge in [-0.3, -0.25) is 4.79 Å². The number of hydrogen-bond acceptors (Lipinski definition) is 5. The van der Waals surface area contributed by atoms with Crippen molar-refractivity contribution in [3.63, 3.8) is 0 Å². The monoisotopic (exact) mass is 290 g/mol. The molecule has 1 aromatic rings. The fourth-order valence-electron chi connectivity index (χ4n) is 1.13. The van der Waals surface area contributed by atoms with Crippen molar-refractivity contribution < 1.29 is 27.5 Å². The second kappa shape index (κ2) is 5.85. The van der Waals surface area contributed by atoms with Gasteiger partial charge in [0, 0.05) is 26.7 Å². The van der Waals surface area contributed by atoms with E-state index in [0.717, 1.165) is 16.6 Å². The number of carboxylic acids is 1. The summed E-state index contributed by atoms with van der Waals surface area (Å²) in [5.74, 6) is -2.31. The van der Waals surface area contributed by atoms with Crippen LogP contribution >= 0.6 is 0 Å². The van der Waals surface area contributed by atoms with Gasteiger partial charge in [0.1, 0.15) is 6.26 Å². The highest BCUT2D eigenvalue weighted by atomic mass is 32.2. The van der Waals surface area contributed by atoms with Crippen LogP contribution in [0, 0.1) is 0 Å². The molecule has 0 atom stereocenters. The molecule has 106 valence electrons. The van der Waals surface area contributed by atoms with Gasteiger partial charge in [-0.1, -0.05) is 0 Å². The summed E-state index contributed by atoms with van der Waals surface area (Å²) in [5.41, 5.74) is -0.147. The molecule has 19 heavy (non-hydrogen) atoms. The van der Waals surface area contributed by atoms with Gasteiger partial charge in [-0.25, -0.2) is 17.5 Å². The molecule has 8 nitrogen and oxygen atoms in total. The molecule has 0 aromatic carbocycles. The van der Waals surface area contributed by atoms with Gasteiger partial charge >= 0.3 is 5.97 Å². The van der Waals surface area contributed by atoms with Crippen LogP contribution in [0.25, 0.3) is 0 Å². The van der Waals surface area contributed by atoms with Crippen molar-refractivity contribution in [2.75, 3.05) is 26.4 Å². The number of sulfonamides is 1. The van der Waals surface area contributed by atoms with Crippen LogP contribution in [-0.2, 0) is 10.0 Å². The number of furan rings is 1. The molecule has 0 saturated carbocycles. The molecule has 2 N–H and O–H groups in total. The topological polar surface area (TPSA) is 117 Å². The maximum atomic E-state index is 11.5. The fourth-order valence-corrected chi connectivity index (χ4v) is 1.86. The van der Waals surface area contributed by atoms with Gasteiger partial charge in [0.15, 0.2) is 5.76 Å². The third-order valence-corrected chi connectivity index (χ3v) is 4.10. The second-order valence-electron chi connectivity index (χ2n) is 3.86. The van der Waals surface area contributed by atoms with E-state index in [4.69, 9.17) is 9.52 Å². The summed E-state index contributed by atoms with van der Waals surface area (Å²) in [7, 11) is -0.607. The van der Waals surface area contributed by atoms with E-state index in [9.17, 15) is 18.0 Å². The molecule has 9 heteroatoms. The molecule has 0 unspecified atom stereocenters. The number of carbonyl (C=O) groups excluding carboxylic acids is 1. The lowest BCUT2D eigenvalue weighted by atomic mass is 10.3. The Hall–Kier alpha value is -1.87. The normalized spacial score (nSPS) is 11.5. The minimum atomic E-state index is -3.39. The lowest BCUT2D eigenvalue weighted by Crippen LogP contribution is -2.33. The van der Waals surface area contributed by atoms with E-state index < -0.39 is 21.9 Å². The van der Waals surface area contributed by atoms with E-state index >= 15 is 0 Å². The molecule has 1 rings (SSSR count). The van der Waals surface area contributed by atoms with E-state index in [-0.39, 0.29) is 23.6 Å². The van der Waals surface area contributed by atoms with E-state index in [2.05, 4.69) is 5.32 Å². The summed E-state index contributed by atoms with van der Waals surface area (Å²) < 4.78 is 28.6. The average molecular weight is 290 g/mol. The van der Waals surface area contributed by atoms with Crippen molar-refractivity contribution in [1.29, 1.82) is 0 Å². The van der Waals surface area contributed by atoms with E-state index in [1.54, 1.807) is 0 Å². The Labute approximate surface area is 110 Å². The molecule has 1 amide bonds. The van der Waals surface area contributed by atoms with E-state index in [1.165, 1.54) is 14.1 Å². The highest BCUT2D eigenvalue weighted by Crippen LogP contribution is 2.07. The van der Waals surface area contributed by atoms with Crippen LogP contribution in [0.15, 0.2) is 16.7 Å². The van der Waals surface area contributed by atoms with Crippen LogP contribution in [0.4, 0.5) is 0 Å². The minimum Gasteiger partial charge on any atom is -0.478 e. The van der Waals surface area contributed by atoms with Gasteiger partial charge in [-0.15, -0.1) is 0 Å². The number of hydrogen-bond donors (Lipinski definition) is 2. The predicted octanol–water partition coefficient (Wildman–Crippen LogP) is -0.401. The third-order valence-electron chi connectivity index (χ3n) is 2.27. The van der Waals surface area contributed by atoms with Crippen LogP contribution in [0.2, 0.25) is 0 Å². The first-order valence-corrected chi connectivity index (χ1v) is 6.85. The number of aromatic carboxylic acids is 1. The Morgan fingerprint density at radius 1 is 1.42 bits per heavy atom. The first kappa shape index (κ1) is 15.2.